The maximum atomic E-state index is 14.1. The third-order valence-electron chi connectivity index (χ3n) is 8.62. The highest BCUT2D eigenvalue weighted by Crippen LogP contribution is 2.21. The lowest BCUT2D eigenvalue weighted by Gasteiger charge is -2.26. The van der Waals surface area contributed by atoms with Crippen LogP contribution in [0.1, 0.15) is 36.0 Å². The molecule has 18 heteroatoms. The first-order valence-electron chi connectivity index (χ1n) is 17.5. The zero-order chi connectivity index (χ0) is 40.8. The number of rotatable bonds is 19. The van der Waals surface area contributed by atoms with Gasteiger partial charge in [-0.1, -0.05) is 72.3 Å². The number of para-hydroxylation sites is 1. The van der Waals surface area contributed by atoms with Crippen LogP contribution in [0.4, 0.5) is 13.2 Å². The van der Waals surface area contributed by atoms with Gasteiger partial charge in [-0.2, -0.15) is 13.2 Å². The molecule has 0 saturated carbocycles. The van der Waals surface area contributed by atoms with Gasteiger partial charge in [0.15, 0.2) is 5.96 Å². The molecule has 5 amide bonds. The number of nitrogens with two attached hydrogens (primary N) is 3. The number of halogens is 4. The van der Waals surface area contributed by atoms with Crippen LogP contribution in [-0.2, 0) is 43.2 Å². The topological polar surface area (TPSA) is 240 Å². The lowest BCUT2D eigenvalue weighted by atomic mass is 10.0. The molecule has 56 heavy (non-hydrogen) atoms. The van der Waals surface area contributed by atoms with Crippen LogP contribution in [0, 0.1) is 0 Å². The van der Waals surface area contributed by atoms with E-state index in [1.54, 1.807) is 36.5 Å². The Balaban J connectivity index is 1.59. The molecule has 4 rings (SSSR count). The van der Waals surface area contributed by atoms with Crippen LogP contribution in [0.2, 0.25) is 5.02 Å². The lowest BCUT2D eigenvalue weighted by molar-refractivity contribution is -0.155. The van der Waals surface area contributed by atoms with E-state index in [0.29, 0.717) is 21.7 Å². The van der Waals surface area contributed by atoms with Crippen molar-refractivity contribution in [1.29, 1.82) is 0 Å². The molecule has 0 fully saturated rings. The van der Waals surface area contributed by atoms with Crippen molar-refractivity contribution in [3.8, 4) is 0 Å². The SMILES string of the molecule is NC(=O)[C@H](Cc1c[nH]c2ccccc12)NC(=O)[C@H](CCCN=C(N)N)NC(=O)[C@H](Cc1ccccc1)NC(=O)[C@H](Cc1ccc(Cl)cc1)NC(=O)CC(F)(F)F. The quantitative estimate of drug-likeness (QED) is 0.0400. The van der Waals surface area contributed by atoms with E-state index in [4.69, 9.17) is 28.8 Å². The van der Waals surface area contributed by atoms with Gasteiger partial charge in [0.1, 0.15) is 30.6 Å². The van der Waals surface area contributed by atoms with Gasteiger partial charge in [0, 0.05) is 47.9 Å². The average molecular weight is 798 g/mol. The third kappa shape index (κ3) is 13.6. The number of hydrogen-bond acceptors (Lipinski definition) is 6. The number of H-pyrrole nitrogens is 1. The molecule has 0 unspecified atom stereocenters. The molecule has 0 bridgehead atoms. The standard InChI is InChI=1S/C38H43ClF3N9O5/c39-25-14-12-23(13-15-25)18-30(48-32(52)20-38(40,41)42)35(55)51-31(17-22-7-2-1-3-8-22)36(56)49-28(11-6-16-46-37(44)45)34(54)50-29(33(43)53)19-24-21-47-27-10-5-4-9-26(24)27/h1-5,7-10,12-15,21,28-31,47H,6,11,16-20H2,(H2,43,53)(H,48,52)(H,49,56)(H,50,54)(H,51,55)(H4,44,45,46)/t28-,29-,30-,31-/m0/s1. The number of aromatic nitrogens is 1. The Bertz CT molecular complexity index is 2010. The summed E-state index contributed by atoms with van der Waals surface area (Å²) in [6, 6.07) is 16.5. The molecule has 298 valence electrons. The van der Waals surface area contributed by atoms with Gasteiger partial charge in [0.25, 0.3) is 0 Å². The maximum absolute atomic E-state index is 14.1. The van der Waals surface area contributed by atoms with Crippen LogP contribution in [0.5, 0.6) is 0 Å². The van der Waals surface area contributed by atoms with E-state index in [0.717, 1.165) is 10.9 Å². The molecule has 0 spiro atoms. The van der Waals surface area contributed by atoms with Crippen molar-refractivity contribution in [2.75, 3.05) is 6.54 Å². The molecular formula is C38H43ClF3N9O5. The van der Waals surface area contributed by atoms with Gasteiger partial charge in [-0.3, -0.25) is 29.0 Å². The Hall–Kier alpha value is -6.10. The first-order chi connectivity index (χ1) is 26.6. The number of alkyl halides is 3. The molecule has 0 radical (unpaired) electrons. The summed E-state index contributed by atoms with van der Waals surface area (Å²) in [7, 11) is 0. The van der Waals surface area contributed by atoms with Gasteiger partial charge in [0.2, 0.25) is 29.5 Å². The van der Waals surface area contributed by atoms with Gasteiger partial charge in [0.05, 0.1) is 0 Å². The number of aliphatic imine (C=N–C) groups is 1. The minimum Gasteiger partial charge on any atom is -0.370 e. The number of amides is 5. The van der Waals surface area contributed by atoms with Crippen molar-refractivity contribution < 1.29 is 37.1 Å². The molecule has 4 atom stereocenters. The summed E-state index contributed by atoms with van der Waals surface area (Å²) < 4.78 is 39.3. The van der Waals surface area contributed by atoms with Crippen molar-refractivity contribution in [1.82, 2.24) is 26.3 Å². The number of hydrogen-bond donors (Lipinski definition) is 8. The second-order valence-electron chi connectivity index (χ2n) is 13.0. The zero-order valence-corrected chi connectivity index (χ0v) is 30.8. The number of aromatic amines is 1. The fourth-order valence-electron chi connectivity index (χ4n) is 5.88. The average Bonchev–Trinajstić information content (AvgIpc) is 3.54. The van der Waals surface area contributed by atoms with Crippen LogP contribution in [0.25, 0.3) is 10.9 Å². The number of benzene rings is 3. The summed E-state index contributed by atoms with van der Waals surface area (Å²) in [6.45, 7) is 0.0880. The van der Waals surface area contributed by atoms with E-state index in [9.17, 15) is 37.1 Å². The molecule has 14 nitrogen and oxygen atoms in total. The first-order valence-corrected chi connectivity index (χ1v) is 17.9. The normalized spacial score (nSPS) is 13.4. The Morgan fingerprint density at radius 2 is 1.25 bits per heavy atom. The van der Waals surface area contributed by atoms with Crippen molar-refractivity contribution >= 4 is 58.0 Å². The Labute approximate surface area is 325 Å². The Morgan fingerprint density at radius 1 is 0.696 bits per heavy atom. The molecule has 4 aromatic rings. The number of guanidine groups is 1. The summed E-state index contributed by atoms with van der Waals surface area (Å²) in [5, 5.41) is 11.2. The smallest absolute Gasteiger partial charge is 0.370 e. The van der Waals surface area contributed by atoms with Gasteiger partial charge >= 0.3 is 6.18 Å². The second kappa shape index (κ2) is 20.0. The largest absolute Gasteiger partial charge is 0.397 e. The van der Waals surface area contributed by atoms with Gasteiger partial charge in [-0.25, -0.2) is 0 Å². The maximum Gasteiger partial charge on any atom is 0.397 e. The summed E-state index contributed by atoms with van der Waals surface area (Å²) in [4.78, 5) is 73.7. The number of nitrogens with one attached hydrogen (secondary N) is 5. The number of carbonyl (C=O) groups is 5. The fraction of sp³-hybridized carbons (Fsp3) is 0.316. The lowest BCUT2D eigenvalue weighted by Crippen LogP contribution is -2.59. The molecule has 0 aliphatic carbocycles. The predicted molar refractivity (Wildman–Crippen MR) is 205 cm³/mol. The number of primary amides is 1. The van der Waals surface area contributed by atoms with E-state index in [-0.39, 0.29) is 44.6 Å². The van der Waals surface area contributed by atoms with Crippen molar-refractivity contribution in [3.63, 3.8) is 0 Å². The highest BCUT2D eigenvalue weighted by molar-refractivity contribution is 6.30. The van der Waals surface area contributed by atoms with Crippen molar-refractivity contribution in [2.45, 2.75) is 68.9 Å². The minimum atomic E-state index is -4.85. The molecule has 1 aromatic heterocycles. The number of carbonyl (C=O) groups excluding carboxylic acids is 5. The van der Waals surface area contributed by atoms with Crippen LogP contribution in [-0.4, -0.2) is 77.4 Å². The monoisotopic (exact) mass is 797 g/mol. The Kier molecular flexibility index (Phi) is 15.2. The van der Waals surface area contributed by atoms with Crippen LogP contribution in [0.15, 0.2) is 90.1 Å². The van der Waals surface area contributed by atoms with Gasteiger partial charge < -0.3 is 43.5 Å². The highest BCUT2D eigenvalue weighted by Gasteiger charge is 2.35. The van der Waals surface area contributed by atoms with E-state index in [1.807, 2.05) is 24.3 Å². The molecule has 11 N–H and O–H groups in total. The fourth-order valence-corrected chi connectivity index (χ4v) is 6.01. The summed E-state index contributed by atoms with van der Waals surface area (Å²) in [5.74, 6) is -5.05. The van der Waals surface area contributed by atoms with E-state index in [2.05, 4.69) is 31.2 Å². The molecule has 0 saturated heterocycles. The first kappa shape index (κ1) is 42.6. The summed E-state index contributed by atoms with van der Waals surface area (Å²) in [5.41, 5.74) is 19.2. The van der Waals surface area contributed by atoms with Gasteiger partial charge in [-0.05, 0) is 47.7 Å². The predicted octanol–water partition coefficient (Wildman–Crippen LogP) is 2.28. The van der Waals surface area contributed by atoms with Crippen LogP contribution < -0.4 is 38.5 Å². The van der Waals surface area contributed by atoms with Crippen LogP contribution >= 0.6 is 11.6 Å². The zero-order valence-electron chi connectivity index (χ0n) is 30.1. The van der Waals surface area contributed by atoms with E-state index in [1.165, 1.54) is 24.3 Å². The Morgan fingerprint density at radius 3 is 1.88 bits per heavy atom. The molecule has 0 aliphatic heterocycles. The molecule has 0 aliphatic rings. The highest BCUT2D eigenvalue weighted by atomic mass is 35.5. The molecule has 1 heterocycles. The van der Waals surface area contributed by atoms with Crippen molar-refractivity contribution in [3.05, 3.63) is 107 Å². The van der Waals surface area contributed by atoms with Gasteiger partial charge in [-0.15, -0.1) is 0 Å². The van der Waals surface area contributed by atoms with E-state index >= 15 is 0 Å². The second-order valence-corrected chi connectivity index (χ2v) is 13.5. The minimum absolute atomic E-state index is 0.0222. The van der Waals surface area contributed by atoms with E-state index < -0.39 is 66.3 Å². The summed E-state index contributed by atoms with van der Waals surface area (Å²) in [6.07, 6.45) is -5.14. The number of fused-ring (bicyclic) bond motifs is 1. The summed E-state index contributed by atoms with van der Waals surface area (Å²) >= 11 is 5.97. The third-order valence-corrected chi connectivity index (χ3v) is 8.87. The van der Waals surface area contributed by atoms with Crippen LogP contribution in [0.3, 0.4) is 0 Å². The number of nitrogens with zero attached hydrogens (tertiary/aromatic N) is 1. The molecule has 3 aromatic carbocycles. The van der Waals surface area contributed by atoms with Crippen molar-refractivity contribution in [2.24, 2.45) is 22.2 Å². The molecular weight excluding hydrogens is 755 g/mol.